The number of rotatable bonds is 4. The van der Waals surface area contributed by atoms with Crippen LogP contribution in [-0.4, -0.2) is 19.5 Å². The molecule has 0 saturated heterocycles. The first-order valence-electron chi connectivity index (χ1n) is 20.9. The predicted octanol–water partition coefficient (Wildman–Crippen LogP) is 15.0. The van der Waals surface area contributed by atoms with Gasteiger partial charge in [0.15, 0.2) is 17.5 Å². The minimum atomic E-state index is -0.156. The van der Waals surface area contributed by atoms with Crippen molar-refractivity contribution in [2.75, 3.05) is 0 Å². The summed E-state index contributed by atoms with van der Waals surface area (Å²) < 4.78 is 4.84. The molecule has 1 aliphatic carbocycles. The lowest BCUT2D eigenvalue weighted by molar-refractivity contribution is 0.660. The van der Waals surface area contributed by atoms with Crippen LogP contribution in [0.4, 0.5) is 0 Å². The second-order valence-corrected chi connectivity index (χ2v) is 17.8. The minimum absolute atomic E-state index is 0.156. The average Bonchev–Trinajstić information content (AvgIpc) is 3.94. The maximum atomic E-state index is 5.52. The van der Waals surface area contributed by atoms with Crippen molar-refractivity contribution in [1.82, 2.24) is 19.5 Å². The Hall–Kier alpha value is -7.47. The van der Waals surface area contributed by atoms with Crippen molar-refractivity contribution in [1.29, 1.82) is 0 Å². The van der Waals surface area contributed by atoms with Crippen molar-refractivity contribution in [2.24, 2.45) is 0 Å². The molecule has 286 valence electrons. The van der Waals surface area contributed by atoms with Crippen LogP contribution < -0.4 is 0 Å². The first-order chi connectivity index (χ1) is 30.0. The van der Waals surface area contributed by atoms with Crippen molar-refractivity contribution >= 4 is 74.9 Å². The zero-order valence-electron chi connectivity index (χ0n) is 33.5. The van der Waals surface area contributed by atoms with E-state index in [1.54, 1.807) is 11.3 Å². The van der Waals surface area contributed by atoms with Crippen LogP contribution in [0.3, 0.4) is 0 Å². The lowest BCUT2D eigenvalue weighted by atomic mass is 9.82. The van der Waals surface area contributed by atoms with Crippen molar-refractivity contribution < 1.29 is 0 Å². The summed E-state index contributed by atoms with van der Waals surface area (Å²) in [5.41, 5.74) is 11.2. The molecule has 0 aliphatic heterocycles. The fourth-order valence-corrected chi connectivity index (χ4v) is 11.4. The Bertz CT molecular complexity index is 3710. The van der Waals surface area contributed by atoms with Gasteiger partial charge in [-0.25, -0.2) is 15.0 Å². The molecule has 0 atom stereocenters. The van der Waals surface area contributed by atoms with E-state index in [-0.39, 0.29) is 5.41 Å². The molecule has 4 nitrogen and oxygen atoms in total. The van der Waals surface area contributed by atoms with Gasteiger partial charge in [0.2, 0.25) is 0 Å². The van der Waals surface area contributed by atoms with E-state index in [0.717, 1.165) is 38.1 Å². The number of hydrogen-bond donors (Lipinski definition) is 0. The summed E-state index contributed by atoms with van der Waals surface area (Å²) in [6, 6.07) is 65.8. The molecule has 3 aromatic heterocycles. The largest absolute Gasteiger partial charge is 0.309 e. The van der Waals surface area contributed by atoms with Crippen LogP contribution in [0.2, 0.25) is 0 Å². The topological polar surface area (TPSA) is 43.6 Å². The fraction of sp³-hybridized carbons (Fsp3) is 0.0536. The highest BCUT2D eigenvalue weighted by Gasteiger charge is 2.37. The van der Waals surface area contributed by atoms with E-state index in [2.05, 4.69) is 194 Å². The maximum Gasteiger partial charge on any atom is 0.165 e. The molecule has 0 unspecified atom stereocenters. The third kappa shape index (κ3) is 4.95. The Kier molecular flexibility index (Phi) is 7.20. The lowest BCUT2D eigenvalue weighted by Gasteiger charge is -2.21. The smallest absolute Gasteiger partial charge is 0.165 e. The number of thiophene rings is 1. The molecule has 1 aliphatic rings. The van der Waals surface area contributed by atoms with E-state index >= 15 is 0 Å². The number of hydrogen-bond acceptors (Lipinski definition) is 4. The molecule has 61 heavy (non-hydrogen) atoms. The van der Waals surface area contributed by atoms with Crippen LogP contribution >= 0.6 is 11.3 Å². The molecular formula is C56H36N4S. The average molecular weight is 797 g/mol. The van der Waals surface area contributed by atoms with E-state index in [4.69, 9.17) is 15.0 Å². The van der Waals surface area contributed by atoms with Gasteiger partial charge in [-0.1, -0.05) is 166 Å². The summed E-state index contributed by atoms with van der Waals surface area (Å²) in [5.74, 6) is 1.97. The highest BCUT2D eigenvalue weighted by Crippen LogP contribution is 2.52. The normalized spacial score (nSPS) is 13.2. The van der Waals surface area contributed by atoms with Crippen molar-refractivity contribution in [3.8, 4) is 51.0 Å². The first-order valence-corrected chi connectivity index (χ1v) is 21.7. The van der Waals surface area contributed by atoms with Crippen molar-refractivity contribution in [3.63, 3.8) is 0 Å². The van der Waals surface area contributed by atoms with Gasteiger partial charge in [-0.05, 0) is 74.1 Å². The van der Waals surface area contributed by atoms with Gasteiger partial charge in [-0.15, -0.1) is 11.3 Å². The van der Waals surface area contributed by atoms with Crippen LogP contribution in [0, 0.1) is 0 Å². The fourth-order valence-electron chi connectivity index (χ4n) is 10.2. The number of fused-ring (bicyclic) bond motifs is 13. The third-order valence-electron chi connectivity index (χ3n) is 13.0. The second-order valence-electron chi connectivity index (χ2n) is 16.7. The minimum Gasteiger partial charge on any atom is -0.309 e. The summed E-state index contributed by atoms with van der Waals surface area (Å²) in [7, 11) is 0. The number of nitrogens with zero attached hydrogens (tertiary/aromatic N) is 4. The van der Waals surface area contributed by atoms with Gasteiger partial charge < -0.3 is 4.57 Å². The molecule has 0 fully saturated rings. The summed E-state index contributed by atoms with van der Waals surface area (Å²) >= 11 is 1.80. The molecular weight excluding hydrogens is 761 g/mol. The van der Waals surface area contributed by atoms with Gasteiger partial charge in [-0.2, -0.15) is 0 Å². The van der Waals surface area contributed by atoms with E-state index in [1.807, 2.05) is 6.07 Å². The zero-order valence-corrected chi connectivity index (χ0v) is 34.3. The van der Waals surface area contributed by atoms with Gasteiger partial charge in [0.25, 0.3) is 0 Å². The number of benzene rings is 9. The molecule has 9 aromatic carbocycles. The summed E-state index contributed by atoms with van der Waals surface area (Å²) in [4.78, 5) is 16.2. The Labute approximate surface area is 356 Å². The van der Waals surface area contributed by atoms with E-state index in [9.17, 15) is 0 Å². The van der Waals surface area contributed by atoms with Crippen LogP contribution in [0.1, 0.15) is 25.0 Å². The Balaban J connectivity index is 1.14. The molecule has 0 bridgehead atoms. The van der Waals surface area contributed by atoms with E-state index in [0.29, 0.717) is 17.5 Å². The summed E-state index contributed by atoms with van der Waals surface area (Å²) in [6.45, 7) is 4.64. The Morgan fingerprint density at radius 3 is 1.75 bits per heavy atom. The quantitative estimate of drug-likeness (QED) is 0.178. The van der Waals surface area contributed by atoms with E-state index < -0.39 is 0 Å². The Morgan fingerprint density at radius 2 is 1.02 bits per heavy atom. The first kappa shape index (κ1) is 34.4. The highest BCUT2D eigenvalue weighted by molar-refractivity contribution is 7.26. The highest BCUT2D eigenvalue weighted by atomic mass is 32.1. The van der Waals surface area contributed by atoms with Crippen LogP contribution in [0.25, 0.3) is 115 Å². The summed E-state index contributed by atoms with van der Waals surface area (Å²) in [5, 5.41) is 9.88. The van der Waals surface area contributed by atoms with Gasteiger partial charge >= 0.3 is 0 Å². The van der Waals surface area contributed by atoms with Crippen LogP contribution in [-0.2, 0) is 5.41 Å². The molecule has 12 aromatic rings. The van der Waals surface area contributed by atoms with Gasteiger partial charge in [0, 0.05) is 58.7 Å². The number of aromatic nitrogens is 4. The predicted molar refractivity (Wildman–Crippen MR) is 256 cm³/mol. The van der Waals surface area contributed by atoms with Crippen LogP contribution in [0.15, 0.2) is 182 Å². The summed E-state index contributed by atoms with van der Waals surface area (Å²) in [6.07, 6.45) is 0. The second kappa shape index (κ2) is 12.8. The molecule has 0 N–H and O–H groups in total. The molecule has 0 radical (unpaired) electrons. The maximum absolute atomic E-state index is 5.52. The zero-order chi connectivity index (χ0) is 40.4. The molecule has 5 heteroatoms. The molecule has 3 heterocycles. The molecule has 13 rings (SSSR count). The van der Waals surface area contributed by atoms with Gasteiger partial charge in [0.1, 0.15) is 0 Å². The molecule has 0 spiro atoms. The third-order valence-corrected chi connectivity index (χ3v) is 14.2. The Morgan fingerprint density at radius 1 is 0.443 bits per heavy atom. The molecule has 0 amide bonds. The SMILES string of the molecule is CC1(C)c2ccccc2-c2c(-c3nc(-c4ccccc4)nc(-c4cc(-n5c6ccc7ccccc7c6c6c7ccccc7ccc65)cc5c4sc4ccccc45)n3)cccc21. The van der Waals surface area contributed by atoms with Crippen LogP contribution in [0.5, 0.6) is 0 Å². The van der Waals surface area contributed by atoms with Gasteiger partial charge in [-0.3, -0.25) is 0 Å². The van der Waals surface area contributed by atoms with E-state index in [1.165, 1.54) is 70.0 Å². The van der Waals surface area contributed by atoms with Crippen molar-refractivity contribution in [3.05, 3.63) is 193 Å². The lowest BCUT2D eigenvalue weighted by Crippen LogP contribution is -2.14. The van der Waals surface area contributed by atoms with Gasteiger partial charge in [0.05, 0.1) is 11.0 Å². The monoisotopic (exact) mass is 796 g/mol. The standard InChI is InChI=1S/C56H36N4S/c1-56(2)44-24-12-10-22-40(44)49-41(23-14-25-45(49)56)54-57-53(35-17-4-3-5-18-35)58-55(59-54)43-32-36(31-42-39-21-11-13-26-48(39)61-52(42)43)60-46-29-27-33-15-6-8-19-37(33)50(46)51-38-20-9-7-16-34(38)28-30-47(51)60/h3-32H,1-2H3. The van der Waals surface area contributed by atoms with Crippen molar-refractivity contribution in [2.45, 2.75) is 19.3 Å². The molecule has 0 saturated carbocycles.